The minimum absolute atomic E-state index is 0. The number of halogens is 5. The second-order valence-electron chi connectivity index (χ2n) is 15.1. The van der Waals surface area contributed by atoms with Gasteiger partial charge in [-0.2, -0.15) is 13.2 Å². The van der Waals surface area contributed by atoms with E-state index in [1.807, 2.05) is 56.0 Å². The molecule has 4 aliphatic rings. The normalized spacial score (nSPS) is 20.1. The van der Waals surface area contributed by atoms with Gasteiger partial charge < -0.3 is 20.1 Å². The molecule has 2 aromatic rings. The van der Waals surface area contributed by atoms with Crippen LogP contribution in [-0.2, 0) is 22.6 Å². The van der Waals surface area contributed by atoms with Crippen molar-refractivity contribution < 1.29 is 32.6 Å². The first-order chi connectivity index (χ1) is 23.5. The smallest absolute Gasteiger partial charge is 0.475 e. The molecular weight excluding hydrogens is 704 g/mol. The van der Waals surface area contributed by atoms with Crippen molar-refractivity contribution in [3.8, 4) is 0 Å². The fraction of sp³-hybridized carbons (Fsp3) is 0.632. The first-order valence-corrected chi connectivity index (χ1v) is 18.1. The predicted octanol–water partition coefficient (Wildman–Crippen LogP) is 8.75. The van der Waals surface area contributed by atoms with Crippen LogP contribution in [0.3, 0.4) is 0 Å². The molecule has 0 aliphatic carbocycles. The van der Waals surface area contributed by atoms with Crippen LogP contribution < -0.4 is 5.32 Å². The van der Waals surface area contributed by atoms with Gasteiger partial charge in [0.25, 0.3) is 0 Å². The largest absolute Gasteiger partial charge is 0.490 e. The number of likely N-dealkylation sites (tertiary alicyclic amines) is 3. The summed E-state index contributed by atoms with van der Waals surface area (Å²) >= 11 is 12.5. The van der Waals surface area contributed by atoms with E-state index < -0.39 is 17.7 Å². The maximum atomic E-state index is 12.2. The number of carboxylic acid groups (broad SMARTS) is 1. The summed E-state index contributed by atoms with van der Waals surface area (Å²) in [4.78, 5) is 28.1. The molecule has 4 heterocycles. The Hall–Kier alpha value is -2.57. The van der Waals surface area contributed by atoms with Gasteiger partial charge in [-0.3, -0.25) is 9.80 Å². The summed E-state index contributed by atoms with van der Waals surface area (Å²) in [6.07, 6.45) is 2.11. The van der Waals surface area contributed by atoms with Crippen LogP contribution in [0.1, 0.15) is 77.8 Å². The lowest BCUT2D eigenvalue weighted by Crippen LogP contribution is -2.46. The third kappa shape index (κ3) is 13.1. The molecular formula is C38H55Cl2F3N4O4. The number of ether oxygens (including phenoxy) is 1. The summed E-state index contributed by atoms with van der Waals surface area (Å²) in [7, 11) is 0. The second kappa shape index (κ2) is 18.5. The molecule has 2 aromatic carbocycles. The van der Waals surface area contributed by atoms with Crippen LogP contribution in [0.5, 0.6) is 0 Å². The molecule has 2 spiro atoms. The van der Waals surface area contributed by atoms with Gasteiger partial charge in [0.05, 0.1) is 0 Å². The predicted molar refractivity (Wildman–Crippen MR) is 197 cm³/mol. The Labute approximate surface area is 311 Å². The highest BCUT2D eigenvalue weighted by Gasteiger charge is 2.42. The molecule has 286 valence electrons. The average molecular weight is 760 g/mol. The van der Waals surface area contributed by atoms with E-state index in [0.29, 0.717) is 10.8 Å². The highest BCUT2D eigenvalue weighted by atomic mass is 35.5. The molecule has 0 aromatic heterocycles. The van der Waals surface area contributed by atoms with Gasteiger partial charge in [0.2, 0.25) is 0 Å². The number of carboxylic acids is 1. The van der Waals surface area contributed by atoms with Gasteiger partial charge in [-0.1, -0.05) is 67.0 Å². The number of benzene rings is 2. The van der Waals surface area contributed by atoms with E-state index in [1.165, 1.54) is 63.0 Å². The molecule has 13 heteroatoms. The van der Waals surface area contributed by atoms with E-state index in [2.05, 4.69) is 33.3 Å². The molecule has 0 atom stereocenters. The third-order valence-corrected chi connectivity index (χ3v) is 10.9. The topological polar surface area (TPSA) is 85.4 Å². The Morgan fingerprint density at radius 2 is 1.16 bits per heavy atom. The van der Waals surface area contributed by atoms with Gasteiger partial charge in [-0.05, 0) is 120 Å². The number of nitrogens with zero attached hydrogens (tertiary/aromatic N) is 3. The minimum atomic E-state index is -5.08. The van der Waals surface area contributed by atoms with Gasteiger partial charge >= 0.3 is 18.2 Å². The van der Waals surface area contributed by atoms with Crippen LogP contribution in [0.25, 0.3) is 0 Å². The highest BCUT2D eigenvalue weighted by molar-refractivity contribution is 6.31. The van der Waals surface area contributed by atoms with Crippen LogP contribution in [0.4, 0.5) is 18.0 Å². The second-order valence-corrected chi connectivity index (χ2v) is 15.9. The van der Waals surface area contributed by atoms with Crippen molar-refractivity contribution >= 4 is 35.3 Å². The number of rotatable bonds is 4. The first kappa shape index (κ1) is 42.8. The number of carbonyl (C=O) groups is 2. The van der Waals surface area contributed by atoms with Gasteiger partial charge in [0.1, 0.15) is 5.60 Å². The first-order valence-electron chi connectivity index (χ1n) is 17.4. The highest BCUT2D eigenvalue weighted by Crippen LogP contribution is 2.42. The van der Waals surface area contributed by atoms with Gasteiger partial charge in [0.15, 0.2) is 0 Å². The van der Waals surface area contributed by atoms with Crippen LogP contribution >= 0.6 is 23.2 Å². The van der Waals surface area contributed by atoms with E-state index in [1.54, 1.807) is 0 Å². The molecule has 1 amide bonds. The number of amides is 1. The SMILES string of the molecule is C.CC(C)(C)OC(=O)N1CCC2(CCN(Cc3ccccc3Cl)C2)CC1.Clc1ccccc1CN1CCC2(CCNCC2)C1.O=C(O)C(F)(F)F. The lowest BCUT2D eigenvalue weighted by Gasteiger charge is -2.39. The Kier molecular flexibility index (Phi) is 15.5. The number of carbonyl (C=O) groups excluding carboxylic acids is 1. The number of alkyl halides is 3. The number of hydrogen-bond donors (Lipinski definition) is 2. The molecule has 0 unspecified atom stereocenters. The van der Waals surface area contributed by atoms with Crippen LogP contribution in [0, 0.1) is 10.8 Å². The Bertz CT molecular complexity index is 1420. The van der Waals surface area contributed by atoms with Gasteiger partial charge in [0, 0.05) is 49.3 Å². The summed E-state index contributed by atoms with van der Waals surface area (Å²) in [6, 6.07) is 16.3. The van der Waals surface area contributed by atoms with E-state index in [9.17, 15) is 18.0 Å². The summed E-state index contributed by atoms with van der Waals surface area (Å²) < 4.78 is 37.2. The zero-order chi connectivity index (χ0) is 36.6. The van der Waals surface area contributed by atoms with E-state index in [4.69, 9.17) is 37.8 Å². The van der Waals surface area contributed by atoms with Crippen molar-refractivity contribution in [1.82, 2.24) is 20.0 Å². The quantitative estimate of drug-likeness (QED) is 0.323. The van der Waals surface area contributed by atoms with E-state index >= 15 is 0 Å². The molecule has 4 aliphatic heterocycles. The molecule has 4 fully saturated rings. The Morgan fingerprint density at radius 3 is 1.55 bits per heavy atom. The van der Waals surface area contributed by atoms with Crippen LogP contribution in [0.15, 0.2) is 48.5 Å². The zero-order valence-electron chi connectivity index (χ0n) is 29.3. The van der Waals surface area contributed by atoms with Crippen LogP contribution in [0.2, 0.25) is 10.0 Å². The van der Waals surface area contributed by atoms with Crippen molar-refractivity contribution in [3.63, 3.8) is 0 Å². The van der Waals surface area contributed by atoms with Crippen LogP contribution in [-0.4, -0.2) is 96.0 Å². The fourth-order valence-electron chi connectivity index (χ4n) is 7.32. The molecule has 8 nitrogen and oxygen atoms in total. The third-order valence-electron chi connectivity index (χ3n) is 10.1. The monoisotopic (exact) mass is 758 g/mol. The summed E-state index contributed by atoms with van der Waals surface area (Å²) in [6.45, 7) is 16.3. The number of hydrogen-bond acceptors (Lipinski definition) is 6. The maximum Gasteiger partial charge on any atom is 0.490 e. The molecule has 0 radical (unpaired) electrons. The molecule has 2 N–H and O–H groups in total. The van der Waals surface area contributed by atoms with Crippen molar-refractivity contribution in [2.45, 2.75) is 91.6 Å². The maximum absolute atomic E-state index is 12.2. The van der Waals surface area contributed by atoms with Gasteiger partial charge in [-0.25, -0.2) is 9.59 Å². The zero-order valence-corrected chi connectivity index (χ0v) is 30.8. The lowest BCUT2D eigenvalue weighted by atomic mass is 9.78. The molecule has 4 saturated heterocycles. The average Bonchev–Trinajstić information content (AvgIpc) is 3.62. The molecule has 51 heavy (non-hydrogen) atoms. The lowest BCUT2D eigenvalue weighted by molar-refractivity contribution is -0.192. The summed E-state index contributed by atoms with van der Waals surface area (Å²) in [5, 5.41) is 12.4. The van der Waals surface area contributed by atoms with Crippen molar-refractivity contribution in [1.29, 1.82) is 0 Å². The fourth-order valence-corrected chi connectivity index (χ4v) is 7.71. The van der Waals surface area contributed by atoms with E-state index in [-0.39, 0.29) is 13.5 Å². The molecule has 0 saturated carbocycles. The van der Waals surface area contributed by atoms with Gasteiger partial charge in [-0.15, -0.1) is 0 Å². The Morgan fingerprint density at radius 1 is 0.765 bits per heavy atom. The summed E-state index contributed by atoms with van der Waals surface area (Å²) in [5.41, 5.74) is 2.98. The molecule has 0 bridgehead atoms. The molecule has 6 rings (SSSR count). The van der Waals surface area contributed by atoms with Crippen molar-refractivity contribution in [2.24, 2.45) is 10.8 Å². The van der Waals surface area contributed by atoms with Crippen molar-refractivity contribution in [3.05, 3.63) is 69.7 Å². The van der Waals surface area contributed by atoms with Crippen molar-refractivity contribution in [2.75, 3.05) is 52.4 Å². The standard InChI is InChI=1S/C20H29ClN2O2.C15H21ClN2.C2HF3O2.CH4/c1-19(2,3)25-18(24)23-12-9-20(10-13-23)8-11-22(15-20)14-16-6-4-5-7-17(16)21;16-14-4-2-1-3-13(14)11-18-10-7-15(12-18)5-8-17-9-6-15;3-2(4,5)1(6)7;/h4-7H,8-15H2,1-3H3;1-4,17H,5-12H2;(H,6,7);1H4. The number of nitrogens with one attached hydrogen (secondary N) is 1. The van der Waals surface area contributed by atoms with E-state index in [0.717, 1.165) is 62.2 Å². The number of aliphatic carboxylic acids is 1. The Balaban J connectivity index is 0.000000236. The minimum Gasteiger partial charge on any atom is -0.475 e. The number of piperidine rings is 2. The summed E-state index contributed by atoms with van der Waals surface area (Å²) in [5.74, 6) is -2.76.